The van der Waals surface area contributed by atoms with Crippen LogP contribution in [0.25, 0.3) is 0 Å². The SMILES string of the molecule is CC1CCC(NC(=O)NCc2nc(C(=O)O)cs2)CC1. The number of nitrogens with zero attached hydrogens (tertiary/aromatic N) is 1. The maximum absolute atomic E-state index is 11.7. The van der Waals surface area contributed by atoms with Gasteiger partial charge in [-0.3, -0.25) is 0 Å². The Balaban J connectivity index is 1.73. The van der Waals surface area contributed by atoms with E-state index < -0.39 is 5.97 Å². The van der Waals surface area contributed by atoms with Gasteiger partial charge in [0.2, 0.25) is 0 Å². The molecule has 7 heteroatoms. The molecule has 6 nitrogen and oxygen atoms in total. The topological polar surface area (TPSA) is 91.3 Å². The average Bonchev–Trinajstić information content (AvgIpc) is 2.88. The Kier molecular flexibility index (Phi) is 4.94. The van der Waals surface area contributed by atoms with Gasteiger partial charge in [-0.25, -0.2) is 14.6 Å². The third-order valence-corrected chi connectivity index (χ3v) is 4.37. The van der Waals surface area contributed by atoms with E-state index in [-0.39, 0.29) is 24.3 Å². The lowest BCUT2D eigenvalue weighted by atomic mass is 9.87. The van der Waals surface area contributed by atoms with E-state index in [9.17, 15) is 9.59 Å². The van der Waals surface area contributed by atoms with E-state index in [1.54, 1.807) is 0 Å². The van der Waals surface area contributed by atoms with Crippen molar-refractivity contribution in [3.63, 3.8) is 0 Å². The number of hydrogen-bond acceptors (Lipinski definition) is 4. The monoisotopic (exact) mass is 297 g/mol. The number of carbonyl (C=O) groups excluding carboxylic acids is 1. The molecule has 1 aromatic rings. The molecule has 3 N–H and O–H groups in total. The van der Waals surface area contributed by atoms with Gasteiger partial charge in [0.1, 0.15) is 5.01 Å². The van der Waals surface area contributed by atoms with Crippen molar-refractivity contribution in [2.45, 2.75) is 45.2 Å². The molecule has 1 fully saturated rings. The third-order valence-electron chi connectivity index (χ3n) is 3.52. The second-order valence-electron chi connectivity index (χ2n) is 5.22. The van der Waals surface area contributed by atoms with Crippen molar-refractivity contribution < 1.29 is 14.7 Å². The minimum absolute atomic E-state index is 0.0217. The van der Waals surface area contributed by atoms with Crippen LogP contribution in [0.4, 0.5) is 4.79 Å². The molecule has 0 spiro atoms. The van der Waals surface area contributed by atoms with Crippen LogP contribution in [-0.4, -0.2) is 28.1 Å². The minimum Gasteiger partial charge on any atom is -0.476 e. The molecule has 2 rings (SSSR count). The van der Waals surface area contributed by atoms with Gasteiger partial charge >= 0.3 is 12.0 Å². The number of nitrogens with one attached hydrogen (secondary N) is 2. The average molecular weight is 297 g/mol. The van der Waals surface area contributed by atoms with Gasteiger partial charge in [0.15, 0.2) is 5.69 Å². The molecule has 0 atom stereocenters. The van der Waals surface area contributed by atoms with Crippen molar-refractivity contribution in [2.75, 3.05) is 0 Å². The second-order valence-corrected chi connectivity index (χ2v) is 6.16. The molecule has 20 heavy (non-hydrogen) atoms. The molecule has 0 aliphatic heterocycles. The second kappa shape index (κ2) is 6.69. The fourth-order valence-corrected chi connectivity index (χ4v) is 2.99. The number of amides is 2. The van der Waals surface area contributed by atoms with Crippen LogP contribution in [0.15, 0.2) is 5.38 Å². The normalized spacial score (nSPS) is 22.2. The molecular formula is C13H19N3O3S. The van der Waals surface area contributed by atoms with Crippen LogP contribution in [0.2, 0.25) is 0 Å². The Hall–Kier alpha value is -1.63. The predicted octanol–water partition coefficient (Wildman–Crippen LogP) is 2.22. The number of urea groups is 1. The number of hydrogen-bond donors (Lipinski definition) is 3. The first-order chi connectivity index (χ1) is 9.54. The van der Waals surface area contributed by atoms with Gasteiger partial charge in [-0.05, 0) is 31.6 Å². The highest BCUT2D eigenvalue weighted by molar-refractivity contribution is 7.09. The van der Waals surface area contributed by atoms with Crippen LogP contribution in [0.1, 0.15) is 48.1 Å². The zero-order chi connectivity index (χ0) is 14.5. The van der Waals surface area contributed by atoms with Gasteiger partial charge < -0.3 is 15.7 Å². The minimum atomic E-state index is -1.05. The molecule has 1 heterocycles. The van der Waals surface area contributed by atoms with Crippen molar-refractivity contribution in [3.05, 3.63) is 16.1 Å². The van der Waals surface area contributed by atoms with E-state index in [0.29, 0.717) is 5.01 Å². The zero-order valence-electron chi connectivity index (χ0n) is 11.4. The Labute approximate surface area is 121 Å². The molecule has 1 saturated carbocycles. The van der Waals surface area contributed by atoms with Gasteiger partial charge in [-0.2, -0.15) is 0 Å². The van der Waals surface area contributed by atoms with Gasteiger partial charge in [-0.15, -0.1) is 11.3 Å². The molecular weight excluding hydrogens is 278 g/mol. The molecule has 0 unspecified atom stereocenters. The first-order valence-corrected chi connectivity index (χ1v) is 7.64. The van der Waals surface area contributed by atoms with Crippen molar-refractivity contribution in [1.82, 2.24) is 15.6 Å². The van der Waals surface area contributed by atoms with Gasteiger partial charge in [0, 0.05) is 11.4 Å². The first-order valence-electron chi connectivity index (χ1n) is 6.76. The van der Waals surface area contributed by atoms with E-state index in [1.807, 2.05) is 0 Å². The number of carboxylic acid groups (broad SMARTS) is 1. The van der Waals surface area contributed by atoms with Crippen LogP contribution < -0.4 is 10.6 Å². The standard InChI is InChI=1S/C13H19N3O3S/c1-8-2-4-9(5-3-8)15-13(19)14-6-11-16-10(7-20-11)12(17)18/h7-9H,2-6H2,1H3,(H,17,18)(H2,14,15,19). The molecule has 1 aliphatic rings. The lowest BCUT2D eigenvalue weighted by Crippen LogP contribution is -2.43. The summed E-state index contributed by atoms with van der Waals surface area (Å²) < 4.78 is 0. The molecule has 0 bridgehead atoms. The highest BCUT2D eigenvalue weighted by atomic mass is 32.1. The highest BCUT2D eigenvalue weighted by Gasteiger charge is 2.19. The first kappa shape index (κ1) is 14.8. The number of aromatic carboxylic acids is 1. The summed E-state index contributed by atoms with van der Waals surface area (Å²) in [4.78, 5) is 26.3. The summed E-state index contributed by atoms with van der Waals surface area (Å²) >= 11 is 1.23. The molecule has 0 saturated heterocycles. The van der Waals surface area contributed by atoms with Crippen molar-refractivity contribution >= 4 is 23.3 Å². The fraction of sp³-hybridized carbons (Fsp3) is 0.615. The maximum atomic E-state index is 11.7. The summed E-state index contributed by atoms with van der Waals surface area (Å²) in [5.74, 6) is -0.297. The molecule has 0 aromatic carbocycles. The summed E-state index contributed by atoms with van der Waals surface area (Å²) in [6, 6.07) is 0.0358. The number of rotatable bonds is 4. The molecule has 110 valence electrons. The number of carbonyl (C=O) groups is 2. The highest BCUT2D eigenvalue weighted by Crippen LogP contribution is 2.23. The lowest BCUT2D eigenvalue weighted by molar-refractivity contribution is 0.0691. The van der Waals surface area contributed by atoms with E-state index in [4.69, 9.17) is 5.11 Å². The number of aromatic nitrogens is 1. The summed E-state index contributed by atoms with van der Waals surface area (Å²) in [5, 5.41) is 16.5. The Morgan fingerprint density at radius 1 is 1.40 bits per heavy atom. The fourth-order valence-electron chi connectivity index (χ4n) is 2.29. The van der Waals surface area contributed by atoms with Crippen LogP contribution in [0.3, 0.4) is 0 Å². The lowest BCUT2D eigenvalue weighted by Gasteiger charge is -2.26. The summed E-state index contributed by atoms with van der Waals surface area (Å²) in [6.07, 6.45) is 4.35. The van der Waals surface area contributed by atoms with E-state index in [0.717, 1.165) is 31.6 Å². The molecule has 0 radical (unpaired) electrons. The maximum Gasteiger partial charge on any atom is 0.355 e. The molecule has 1 aliphatic carbocycles. The number of carboxylic acids is 1. The largest absolute Gasteiger partial charge is 0.476 e. The van der Waals surface area contributed by atoms with E-state index in [2.05, 4.69) is 22.5 Å². The van der Waals surface area contributed by atoms with Crippen molar-refractivity contribution in [1.29, 1.82) is 0 Å². The van der Waals surface area contributed by atoms with Crippen molar-refractivity contribution in [3.8, 4) is 0 Å². The van der Waals surface area contributed by atoms with Gasteiger partial charge in [-0.1, -0.05) is 6.92 Å². The van der Waals surface area contributed by atoms with E-state index in [1.165, 1.54) is 16.7 Å². The Morgan fingerprint density at radius 3 is 2.70 bits per heavy atom. The Morgan fingerprint density at radius 2 is 2.10 bits per heavy atom. The smallest absolute Gasteiger partial charge is 0.355 e. The van der Waals surface area contributed by atoms with Crippen LogP contribution >= 0.6 is 11.3 Å². The number of thiazole rings is 1. The summed E-state index contributed by atoms with van der Waals surface area (Å²) in [6.45, 7) is 2.49. The zero-order valence-corrected chi connectivity index (χ0v) is 12.2. The van der Waals surface area contributed by atoms with Crippen LogP contribution in [0.5, 0.6) is 0 Å². The third kappa shape index (κ3) is 4.19. The summed E-state index contributed by atoms with van der Waals surface area (Å²) in [7, 11) is 0. The van der Waals surface area contributed by atoms with Crippen LogP contribution in [0, 0.1) is 5.92 Å². The Bertz CT molecular complexity index is 481. The van der Waals surface area contributed by atoms with Gasteiger partial charge in [0.25, 0.3) is 0 Å². The quantitative estimate of drug-likeness (QED) is 0.794. The molecule has 1 aromatic heterocycles. The van der Waals surface area contributed by atoms with Gasteiger partial charge in [0.05, 0.1) is 6.54 Å². The molecule has 2 amide bonds. The summed E-state index contributed by atoms with van der Waals surface area (Å²) in [5.41, 5.74) is 0.0217. The van der Waals surface area contributed by atoms with E-state index >= 15 is 0 Å². The van der Waals surface area contributed by atoms with Crippen molar-refractivity contribution in [2.24, 2.45) is 5.92 Å². The predicted molar refractivity (Wildman–Crippen MR) is 75.9 cm³/mol. The van der Waals surface area contributed by atoms with Crippen LogP contribution in [-0.2, 0) is 6.54 Å².